The normalized spacial score (nSPS) is 11.0. The second-order valence-corrected chi connectivity index (χ2v) is 9.47. The molecule has 0 bridgehead atoms. The molecule has 3 aromatic carbocycles. The highest BCUT2D eigenvalue weighted by Gasteiger charge is 2.38. The Labute approximate surface area is 172 Å². The van der Waals surface area contributed by atoms with Gasteiger partial charge >= 0.3 is 14.1 Å². The molecule has 0 spiro atoms. The predicted octanol–water partition coefficient (Wildman–Crippen LogP) is 3.80. The van der Waals surface area contributed by atoms with Crippen LogP contribution in [0, 0.1) is 54.6 Å². The molecule has 0 N–H and O–H groups in total. The lowest BCUT2D eigenvalue weighted by Crippen LogP contribution is -2.57. The fourth-order valence-electron chi connectivity index (χ4n) is 3.32. The molecule has 1 nitrogen and oxygen atoms in total. The zero-order valence-electron chi connectivity index (χ0n) is 16.0. The van der Waals surface area contributed by atoms with Crippen LogP contribution in [0.15, 0.2) is 30.3 Å². The van der Waals surface area contributed by atoms with E-state index in [0.717, 1.165) is 19.2 Å². The van der Waals surface area contributed by atoms with Crippen molar-refractivity contribution in [2.75, 3.05) is 7.11 Å². The third kappa shape index (κ3) is 3.80. The zero-order valence-corrected chi connectivity index (χ0v) is 17.2. The minimum atomic E-state index is -3.71. The van der Waals surface area contributed by atoms with Gasteiger partial charge in [0.1, 0.15) is 29.1 Å². The van der Waals surface area contributed by atoms with Gasteiger partial charge in [-0.1, -0.05) is 21.0 Å². The quantitative estimate of drug-likeness (QED) is 0.441. The monoisotopic (exact) mass is 442 g/mol. The molecule has 0 aliphatic carbocycles. The lowest BCUT2D eigenvalue weighted by Gasteiger charge is -2.19. The van der Waals surface area contributed by atoms with E-state index < -0.39 is 65.0 Å². The highest BCUT2D eigenvalue weighted by molar-refractivity contribution is 6.95. The fourth-order valence-corrected chi connectivity index (χ4v) is 6.57. The van der Waals surface area contributed by atoms with E-state index in [1.165, 1.54) is 13.8 Å². The van der Waals surface area contributed by atoms with Crippen molar-refractivity contribution in [3.05, 3.63) is 82.2 Å². The van der Waals surface area contributed by atoms with Gasteiger partial charge in [0.2, 0.25) is 0 Å². The lowest BCUT2D eigenvalue weighted by atomic mass is 10.2. The van der Waals surface area contributed by atoms with Gasteiger partial charge in [-0.25, -0.2) is 30.7 Å². The van der Waals surface area contributed by atoms with Gasteiger partial charge in [0, 0.05) is 18.2 Å². The van der Waals surface area contributed by atoms with Crippen molar-refractivity contribution in [1.82, 2.24) is 0 Å². The Morgan fingerprint density at radius 1 is 0.600 bits per heavy atom. The van der Waals surface area contributed by atoms with Crippen LogP contribution >= 0.6 is 0 Å². The first kappa shape index (κ1) is 22.2. The van der Waals surface area contributed by atoms with Crippen LogP contribution in [0.3, 0.4) is 0 Å². The van der Waals surface area contributed by atoms with Gasteiger partial charge < -0.3 is 4.74 Å². The maximum absolute atomic E-state index is 15.1. The van der Waals surface area contributed by atoms with Crippen molar-refractivity contribution >= 4 is 27.4 Å². The van der Waals surface area contributed by atoms with Crippen LogP contribution in [-0.4, -0.2) is 21.3 Å². The van der Waals surface area contributed by atoms with Crippen LogP contribution in [0.1, 0.15) is 11.1 Å². The Morgan fingerprint density at radius 2 is 1.03 bits per heavy atom. The van der Waals surface area contributed by atoms with E-state index in [1.54, 1.807) is 0 Å². The summed E-state index contributed by atoms with van der Waals surface area (Å²) in [5.74, 6) is -9.23. The predicted molar refractivity (Wildman–Crippen MR) is 99.7 cm³/mol. The summed E-state index contributed by atoms with van der Waals surface area (Å²) in [5, 5.41) is 0. The van der Waals surface area contributed by atoms with E-state index in [0.29, 0.717) is 18.2 Å². The Bertz CT molecular complexity index is 1090. The van der Waals surface area contributed by atoms with Crippen molar-refractivity contribution in [2.24, 2.45) is 0 Å². The first-order chi connectivity index (χ1) is 14.1. The Hall–Kier alpha value is -2.50. The van der Waals surface area contributed by atoms with Crippen molar-refractivity contribution in [3.8, 4) is 5.75 Å². The molecule has 0 unspecified atom stereocenters. The Morgan fingerprint density at radius 3 is 1.47 bits per heavy atom. The number of rotatable bonds is 4. The summed E-state index contributed by atoms with van der Waals surface area (Å²) in [5.41, 5.74) is -0.0870. The third-order valence-corrected chi connectivity index (χ3v) is 8.07. The number of hydrogen-bond acceptors (Lipinski definition) is 1. The van der Waals surface area contributed by atoms with Crippen molar-refractivity contribution < 1.29 is 35.5 Å². The molecule has 156 valence electrons. The molecule has 0 heterocycles. The molecule has 0 fully saturated rings. The van der Waals surface area contributed by atoms with E-state index in [1.807, 2.05) is 0 Å². The molecule has 9 heteroatoms. The highest BCUT2D eigenvalue weighted by Crippen LogP contribution is 2.22. The summed E-state index contributed by atoms with van der Waals surface area (Å²) in [4.78, 5) is 0. The summed E-state index contributed by atoms with van der Waals surface area (Å²) in [7, 11) is 0.949. The van der Waals surface area contributed by atoms with Crippen LogP contribution in [0.4, 0.5) is 30.7 Å². The Balaban J connectivity index is 2.45. The van der Waals surface area contributed by atoms with Gasteiger partial charge in [-0.2, -0.15) is 0 Å². The first-order valence-corrected chi connectivity index (χ1v) is 10.4. The highest BCUT2D eigenvalue weighted by atomic mass is 27.2. The molecule has 30 heavy (non-hydrogen) atoms. The largest absolute Gasteiger partial charge is 0.491 e. The summed E-state index contributed by atoms with van der Waals surface area (Å²) in [6.45, 7) is 2.60. The van der Waals surface area contributed by atoms with Crippen molar-refractivity contribution in [1.29, 1.82) is 0 Å². The van der Waals surface area contributed by atoms with E-state index in [4.69, 9.17) is 0 Å². The number of halogens is 7. The summed E-state index contributed by atoms with van der Waals surface area (Å²) in [6, 6.07) is 3.44. The van der Waals surface area contributed by atoms with E-state index in [2.05, 4.69) is 4.74 Å². The zero-order chi connectivity index (χ0) is 22.3. The molecule has 0 saturated heterocycles. The van der Waals surface area contributed by atoms with Crippen molar-refractivity contribution in [3.63, 3.8) is 0 Å². The topological polar surface area (TPSA) is 9.23 Å². The summed E-state index contributed by atoms with van der Waals surface area (Å²) in [6.07, 6.45) is 0. The van der Waals surface area contributed by atoms with E-state index >= 15 is 4.39 Å². The summed E-state index contributed by atoms with van der Waals surface area (Å²) < 4.78 is 104. The van der Waals surface area contributed by atoms with Crippen molar-refractivity contribution in [2.45, 2.75) is 13.8 Å². The molecule has 0 amide bonds. The number of benzene rings is 3. The Kier molecular flexibility index (Phi) is 6.16. The van der Waals surface area contributed by atoms with E-state index in [9.17, 15) is 26.3 Å². The number of methoxy groups -OCH3 is 1. The molecule has 3 rings (SSSR count). The van der Waals surface area contributed by atoms with Gasteiger partial charge in [-0.3, -0.25) is 0 Å². The van der Waals surface area contributed by atoms with Gasteiger partial charge in [0.05, 0.1) is 7.11 Å². The van der Waals surface area contributed by atoms with Gasteiger partial charge in [0.25, 0.3) is 0 Å². The van der Waals surface area contributed by atoms with Gasteiger partial charge in [-0.15, -0.1) is 0 Å². The van der Waals surface area contributed by atoms with Crippen LogP contribution in [0.25, 0.3) is 0 Å². The lowest BCUT2D eigenvalue weighted by molar-refractivity contribution is 0.358. The standard InChI is InChI=1S/C7H4F3O.2C7H5F2.Al/c1-11-7-5(9)2-4(8)3-6(7)10;2*1-5-2-3-6(8)4-7(5)9;/h2H,1H3;2*2,4H,1H3;. The molecule has 0 radical (unpaired) electrons. The second-order valence-electron chi connectivity index (χ2n) is 6.78. The molecule has 0 aliphatic rings. The van der Waals surface area contributed by atoms with Crippen LogP contribution in [0.5, 0.6) is 5.75 Å². The SMILES string of the molecule is COc1c(F)cc(F)[c]([Al]([c]2cc(C)c(F)cc2F)[c]2cc(C)c(F)cc2F)c1F. The van der Waals surface area contributed by atoms with Crippen LogP contribution in [-0.2, 0) is 0 Å². The number of aryl methyl sites for hydroxylation is 2. The maximum atomic E-state index is 15.1. The molecule has 0 aliphatic heterocycles. The second kappa shape index (κ2) is 8.32. The number of hydrogen-bond donors (Lipinski definition) is 0. The average Bonchev–Trinajstić information content (AvgIpc) is 2.65. The van der Waals surface area contributed by atoms with E-state index in [-0.39, 0.29) is 20.0 Å². The molecule has 0 atom stereocenters. The van der Waals surface area contributed by atoms with Crippen LogP contribution in [0.2, 0.25) is 0 Å². The fraction of sp³-hybridized carbons (Fsp3) is 0.143. The molecular weight excluding hydrogens is 428 g/mol. The maximum Gasteiger partial charge on any atom is 0.402 e. The van der Waals surface area contributed by atoms with Gasteiger partial charge in [-0.05, 0) is 29.4 Å². The minimum Gasteiger partial charge on any atom is -0.491 e. The minimum absolute atomic E-state index is 0.0435. The molecule has 0 aromatic heterocycles. The summed E-state index contributed by atoms with van der Waals surface area (Å²) >= 11 is -3.71. The van der Waals surface area contributed by atoms with Crippen LogP contribution < -0.4 is 18.0 Å². The smallest absolute Gasteiger partial charge is 0.402 e. The third-order valence-electron chi connectivity index (χ3n) is 4.83. The molecule has 0 saturated carbocycles. The average molecular weight is 442 g/mol. The molecule has 3 aromatic rings. The number of ether oxygens (including phenoxy) is 1. The first-order valence-electron chi connectivity index (χ1n) is 8.69. The van der Waals surface area contributed by atoms with Gasteiger partial charge in [0.15, 0.2) is 17.4 Å². The molecular formula is C21H14AlF7O.